The second kappa shape index (κ2) is 5.02. The van der Waals surface area contributed by atoms with Crippen LogP contribution in [0.15, 0.2) is 23.1 Å². The van der Waals surface area contributed by atoms with Gasteiger partial charge in [0.2, 0.25) is 10.0 Å². The molecule has 0 saturated carbocycles. The summed E-state index contributed by atoms with van der Waals surface area (Å²) in [6.07, 6.45) is 0. The molecule has 0 radical (unpaired) electrons. The zero-order chi connectivity index (χ0) is 16.9. The van der Waals surface area contributed by atoms with Crippen molar-refractivity contribution in [1.29, 1.82) is 0 Å². The topological polar surface area (TPSA) is 122 Å². The van der Waals surface area contributed by atoms with Crippen molar-refractivity contribution in [2.24, 2.45) is 5.14 Å². The van der Waals surface area contributed by atoms with Crippen LogP contribution in [-0.4, -0.2) is 31.7 Å². The van der Waals surface area contributed by atoms with E-state index in [2.05, 4.69) is 0 Å². The van der Waals surface area contributed by atoms with Crippen molar-refractivity contribution in [1.82, 2.24) is 0 Å². The Kier molecular flexibility index (Phi) is 3.85. The van der Waals surface area contributed by atoms with Crippen LogP contribution in [0.4, 0.5) is 5.69 Å². The first-order valence-corrected chi connectivity index (χ1v) is 8.06. The summed E-state index contributed by atoms with van der Waals surface area (Å²) in [6, 6.07) is 3.29. The molecule has 0 spiro atoms. The minimum Gasteiger partial charge on any atom is -0.399 e. The summed E-state index contributed by atoms with van der Waals surface area (Å²) < 4.78 is 34.4. The number of benzene rings is 1. The van der Waals surface area contributed by atoms with E-state index in [1.807, 2.05) is 0 Å². The highest BCUT2D eigenvalue weighted by atomic mass is 32.2. The number of nitro benzene ring substituents is 1. The SMILES string of the molecule is CC1(C)OB(c2cc(S(N)(=O)=O)ccc2[N+](=O)[O-])OC1(C)C. The van der Waals surface area contributed by atoms with Gasteiger partial charge in [0, 0.05) is 6.07 Å². The molecule has 0 aromatic heterocycles. The van der Waals surface area contributed by atoms with E-state index in [-0.39, 0.29) is 16.0 Å². The highest BCUT2D eigenvalue weighted by Crippen LogP contribution is 2.37. The number of nitrogens with two attached hydrogens (primary N) is 1. The minimum absolute atomic E-state index is 0.0233. The number of hydrogen-bond donors (Lipinski definition) is 1. The third-order valence-electron chi connectivity index (χ3n) is 4.03. The van der Waals surface area contributed by atoms with Crippen LogP contribution >= 0.6 is 0 Å². The summed E-state index contributed by atoms with van der Waals surface area (Å²) in [5.74, 6) is 0. The zero-order valence-corrected chi connectivity index (χ0v) is 13.5. The predicted molar refractivity (Wildman–Crippen MR) is 80.2 cm³/mol. The lowest BCUT2D eigenvalue weighted by Crippen LogP contribution is -2.41. The summed E-state index contributed by atoms with van der Waals surface area (Å²) in [6.45, 7) is 7.18. The molecule has 1 aromatic rings. The Morgan fingerprint density at radius 1 is 1.18 bits per heavy atom. The van der Waals surface area contributed by atoms with E-state index >= 15 is 0 Å². The van der Waals surface area contributed by atoms with Crippen LogP contribution < -0.4 is 10.6 Å². The van der Waals surface area contributed by atoms with Crippen LogP contribution in [-0.2, 0) is 19.3 Å². The minimum atomic E-state index is -3.99. The van der Waals surface area contributed by atoms with Crippen molar-refractivity contribution in [3.05, 3.63) is 28.3 Å². The average molecular weight is 328 g/mol. The van der Waals surface area contributed by atoms with E-state index in [1.165, 1.54) is 0 Å². The lowest BCUT2D eigenvalue weighted by Gasteiger charge is -2.32. The predicted octanol–water partition coefficient (Wildman–Crippen LogP) is 0.541. The lowest BCUT2D eigenvalue weighted by atomic mass is 9.78. The molecular weight excluding hydrogens is 311 g/mol. The van der Waals surface area contributed by atoms with E-state index < -0.39 is 33.3 Å². The van der Waals surface area contributed by atoms with Gasteiger partial charge < -0.3 is 9.31 Å². The third kappa shape index (κ3) is 2.87. The van der Waals surface area contributed by atoms with E-state index in [0.717, 1.165) is 18.2 Å². The highest BCUT2D eigenvalue weighted by Gasteiger charge is 2.53. The Labute approximate surface area is 128 Å². The molecule has 1 aliphatic heterocycles. The molecule has 0 unspecified atom stereocenters. The van der Waals surface area contributed by atoms with Gasteiger partial charge in [-0.05, 0) is 39.8 Å². The Hall–Kier alpha value is -1.49. The Bertz CT molecular complexity index is 715. The van der Waals surface area contributed by atoms with Gasteiger partial charge >= 0.3 is 7.12 Å². The average Bonchev–Trinajstić information content (AvgIpc) is 2.56. The van der Waals surface area contributed by atoms with Crippen LogP contribution in [0.5, 0.6) is 0 Å². The zero-order valence-electron chi connectivity index (χ0n) is 12.7. The van der Waals surface area contributed by atoms with Gasteiger partial charge in [-0.2, -0.15) is 0 Å². The molecule has 0 amide bonds. The molecule has 1 heterocycles. The van der Waals surface area contributed by atoms with Crippen molar-refractivity contribution >= 4 is 28.3 Å². The molecule has 1 fully saturated rings. The molecule has 22 heavy (non-hydrogen) atoms. The summed E-state index contributed by atoms with van der Waals surface area (Å²) >= 11 is 0. The Morgan fingerprint density at radius 3 is 2.09 bits per heavy atom. The van der Waals surface area contributed by atoms with Gasteiger partial charge in [-0.15, -0.1) is 0 Å². The standard InChI is InChI=1S/C12H17BN2O6S/c1-11(2)12(3,4)21-13(20-11)9-7-8(22(14,18)19)5-6-10(9)15(16)17/h5-7H,1-4H3,(H2,14,18,19). The number of sulfonamides is 1. The summed E-state index contributed by atoms with van der Waals surface area (Å²) in [4.78, 5) is 10.3. The number of primary sulfonamides is 1. The smallest absolute Gasteiger partial charge is 0.399 e. The van der Waals surface area contributed by atoms with Crippen LogP contribution in [0.25, 0.3) is 0 Å². The molecule has 1 saturated heterocycles. The summed E-state index contributed by atoms with van der Waals surface area (Å²) in [5, 5.41) is 16.3. The molecule has 1 aliphatic rings. The maximum absolute atomic E-state index is 11.5. The van der Waals surface area contributed by atoms with E-state index in [0.29, 0.717) is 0 Å². The van der Waals surface area contributed by atoms with Crippen molar-refractivity contribution in [2.75, 3.05) is 0 Å². The molecule has 0 bridgehead atoms. The van der Waals surface area contributed by atoms with Gasteiger partial charge in [0.25, 0.3) is 5.69 Å². The largest absolute Gasteiger partial charge is 0.501 e. The fraction of sp³-hybridized carbons (Fsp3) is 0.500. The van der Waals surface area contributed by atoms with E-state index in [9.17, 15) is 18.5 Å². The summed E-state index contributed by atoms with van der Waals surface area (Å²) in [5.41, 5.74) is -1.67. The van der Waals surface area contributed by atoms with Crippen LogP contribution in [0.1, 0.15) is 27.7 Å². The maximum Gasteiger partial charge on any atom is 0.501 e. The molecule has 8 nitrogen and oxygen atoms in total. The fourth-order valence-corrected chi connectivity index (χ4v) is 2.58. The van der Waals surface area contributed by atoms with Crippen molar-refractivity contribution < 1.29 is 22.6 Å². The molecule has 2 rings (SSSR count). The Balaban J connectivity index is 2.57. The fourth-order valence-electron chi connectivity index (χ4n) is 2.03. The van der Waals surface area contributed by atoms with E-state index in [4.69, 9.17) is 14.4 Å². The third-order valence-corrected chi connectivity index (χ3v) is 4.94. The number of hydrogen-bond acceptors (Lipinski definition) is 6. The van der Waals surface area contributed by atoms with Gasteiger partial charge in [0.15, 0.2) is 0 Å². The maximum atomic E-state index is 11.5. The number of nitro groups is 1. The molecule has 0 aliphatic carbocycles. The first kappa shape index (κ1) is 16.9. The van der Waals surface area contributed by atoms with Crippen LogP contribution in [0, 0.1) is 10.1 Å². The molecule has 120 valence electrons. The Morgan fingerprint density at radius 2 is 1.68 bits per heavy atom. The second-order valence-electron chi connectivity index (χ2n) is 6.11. The van der Waals surface area contributed by atoms with Crippen LogP contribution in [0.3, 0.4) is 0 Å². The van der Waals surface area contributed by atoms with Crippen molar-refractivity contribution in [3.8, 4) is 0 Å². The molecule has 2 N–H and O–H groups in total. The molecule has 1 aromatic carbocycles. The lowest BCUT2D eigenvalue weighted by molar-refractivity contribution is -0.383. The van der Waals surface area contributed by atoms with Gasteiger partial charge in [-0.1, -0.05) is 0 Å². The highest BCUT2D eigenvalue weighted by molar-refractivity contribution is 7.89. The number of nitrogens with zero attached hydrogens (tertiary/aromatic N) is 1. The van der Waals surface area contributed by atoms with Crippen molar-refractivity contribution in [2.45, 2.75) is 43.8 Å². The number of rotatable bonds is 3. The van der Waals surface area contributed by atoms with Gasteiger partial charge in [0.05, 0.1) is 26.5 Å². The first-order valence-electron chi connectivity index (χ1n) is 6.52. The summed E-state index contributed by atoms with van der Waals surface area (Å²) in [7, 11) is -5.04. The van der Waals surface area contributed by atoms with Gasteiger partial charge in [-0.3, -0.25) is 10.1 Å². The van der Waals surface area contributed by atoms with Crippen molar-refractivity contribution in [3.63, 3.8) is 0 Å². The quantitative estimate of drug-likeness (QED) is 0.491. The molecule has 10 heteroatoms. The van der Waals surface area contributed by atoms with Gasteiger partial charge in [-0.25, -0.2) is 13.6 Å². The van der Waals surface area contributed by atoms with Gasteiger partial charge in [0.1, 0.15) is 0 Å². The molecule has 0 atom stereocenters. The first-order chi connectivity index (χ1) is 9.85. The van der Waals surface area contributed by atoms with E-state index in [1.54, 1.807) is 27.7 Å². The van der Waals surface area contributed by atoms with Crippen LogP contribution in [0.2, 0.25) is 0 Å². The normalized spacial score (nSPS) is 20.1. The second-order valence-corrected chi connectivity index (χ2v) is 7.67. The molecular formula is C12H17BN2O6S. The monoisotopic (exact) mass is 328 g/mol.